The van der Waals surface area contributed by atoms with Gasteiger partial charge >= 0.3 is 0 Å². The number of alkyl halides is 1. The van der Waals surface area contributed by atoms with Gasteiger partial charge in [0.15, 0.2) is 23.3 Å². The lowest BCUT2D eigenvalue weighted by atomic mass is 10.0. The van der Waals surface area contributed by atoms with E-state index >= 15 is 0 Å². The number of aliphatic hydroxyl groups excluding tert-OH is 1. The van der Waals surface area contributed by atoms with Crippen LogP contribution in [0.5, 0.6) is 0 Å². The molecule has 1 N–H and O–H groups in total. The van der Waals surface area contributed by atoms with Crippen molar-refractivity contribution in [3.8, 4) is 56.4 Å². The summed E-state index contributed by atoms with van der Waals surface area (Å²) >= 11 is 5.99. The van der Waals surface area contributed by atoms with Crippen molar-refractivity contribution < 1.29 is 13.9 Å². The van der Waals surface area contributed by atoms with Crippen LogP contribution in [0.15, 0.2) is 158 Å². The summed E-state index contributed by atoms with van der Waals surface area (Å²) in [7, 11) is 0. The predicted molar refractivity (Wildman–Crippen MR) is 200 cm³/mol. The summed E-state index contributed by atoms with van der Waals surface area (Å²) in [4.78, 5) is 0. The minimum absolute atomic E-state index is 0.142. The molecule has 0 saturated heterocycles. The van der Waals surface area contributed by atoms with E-state index in [9.17, 15) is 13.9 Å². The number of nitrogens with zero attached hydrogens (tertiary/aromatic N) is 6. The van der Waals surface area contributed by atoms with E-state index < -0.39 is 5.82 Å². The van der Waals surface area contributed by atoms with E-state index in [-0.39, 0.29) is 24.1 Å². The first-order chi connectivity index (χ1) is 25.6. The van der Waals surface area contributed by atoms with Crippen LogP contribution in [0.2, 0.25) is 0 Å². The summed E-state index contributed by atoms with van der Waals surface area (Å²) in [6.07, 6.45) is 0. The molecular formula is C42H31ClF2N6O. The Hall–Kier alpha value is -6.29. The molecule has 8 rings (SSSR count). The van der Waals surface area contributed by atoms with Crippen molar-refractivity contribution in [2.24, 2.45) is 0 Å². The molecular weight excluding hydrogens is 678 g/mol. The third-order valence-corrected chi connectivity index (χ3v) is 8.65. The lowest BCUT2D eigenvalue weighted by molar-refractivity contribution is 0.268. The molecule has 0 atom stereocenters. The average Bonchev–Trinajstić information content (AvgIpc) is 3.84. The molecule has 0 unspecified atom stereocenters. The molecule has 0 radical (unpaired) electrons. The first-order valence-electron chi connectivity index (χ1n) is 16.4. The molecule has 0 aliphatic carbocycles. The summed E-state index contributed by atoms with van der Waals surface area (Å²) in [5.41, 5.74) is 6.76. The molecule has 52 heavy (non-hydrogen) atoms. The van der Waals surface area contributed by atoms with Crippen molar-refractivity contribution in [2.75, 3.05) is 0 Å². The molecule has 0 aliphatic rings. The zero-order valence-electron chi connectivity index (χ0n) is 27.7. The van der Waals surface area contributed by atoms with Gasteiger partial charge in [-0.2, -0.15) is 0 Å². The molecule has 2 heterocycles. The number of benzene rings is 6. The second-order valence-electron chi connectivity index (χ2n) is 11.6. The van der Waals surface area contributed by atoms with E-state index in [4.69, 9.17) is 11.6 Å². The molecule has 0 aliphatic heterocycles. The summed E-state index contributed by atoms with van der Waals surface area (Å²) in [6.45, 7) is -0.330. The van der Waals surface area contributed by atoms with Gasteiger partial charge in [0.2, 0.25) is 0 Å². The monoisotopic (exact) mass is 708 g/mol. The maximum absolute atomic E-state index is 14.3. The van der Waals surface area contributed by atoms with E-state index in [1.165, 1.54) is 12.1 Å². The zero-order chi connectivity index (χ0) is 35.9. The van der Waals surface area contributed by atoms with Crippen LogP contribution in [0.1, 0.15) is 11.6 Å². The second-order valence-corrected chi connectivity index (χ2v) is 11.9. The number of rotatable bonds is 8. The maximum Gasteiger partial charge on any atom is 0.168 e. The van der Waals surface area contributed by atoms with Crippen molar-refractivity contribution in [1.29, 1.82) is 0 Å². The fourth-order valence-electron chi connectivity index (χ4n) is 5.85. The Balaban J connectivity index is 0.000000162. The van der Waals surface area contributed by atoms with Crippen molar-refractivity contribution >= 4 is 11.6 Å². The lowest BCUT2D eigenvalue weighted by Gasteiger charge is -2.11. The van der Waals surface area contributed by atoms with Gasteiger partial charge in [0.05, 0.1) is 17.3 Å². The topological polar surface area (TPSA) is 81.7 Å². The number of aliphatic hydroxyl groups is 1. The van der Waals surface area contributed by atoms with Crippen LogP contribution in [0, 0.1) is 11.6 Å². The Kier molecular flexibility index (Phi) is 10.3. The molecule has 0 fully saturated rings. The predicted octanol–water partition coefficient (Wildman–Crippen LogP) is 9.71. The molecule has 0 bridgehead atoms. The van der Waals surface area contributed by atoms with Crippen LogP contribution in [0.25, 0.3) is 56.4 Å². The lowest BCUT2D eigenvalue weighted by Crippen LogP contribution is -2.05. The minimum atomic E-state index is -0.399. The van der Waals surface area contributed by atoms with E-state index in [1.54, 1.807) is 45.5 Å². The third-order valence-electron chi connectivity index (χ3n) is 8.41. The van der Waals surface area contributed by atoms with Gasteiger partial charge in [-0.05, 0) is 46.5 Å². The van der Waals surface area contributed by atoms with Crippen molar-refractivity contribution in [2.45, 2.75) is 12.5 Å². The number of hydrogen-bond donors (Lipinski definition) is 1. The Morgan fingerprint density at radius 1 is 0.423 bits per heavy atom. The molecule has 8 aromatic rings. The van der Waals surface area contributed by atoms with Crippen LogP contribution in [-0.4, -0.2) is 34.6 Å². The van der Waals surface area contributed by atoms with Crippen LogP contribution in [0.3, 0.4) is 0 Å². The minimum Gasteiger partial charge on any atom is -0.388 e. The molecule has 0 amide bonds. The normalized spacial score (nSPS) is 10.8. The quantitative estimate of drug-likeness (QED) is 0.159. The summed E-state index contributed by atoms with van der Waals surface area (Å²) in [5, 5.41) is 26.1. The number of hydrogen-bond acceptors (Lipinski definition) is 5. The molecule has 2 aromatic heterocycles. The Morgan fingerprint density at radius 2 is 0.769 bits per heavy atom. The van der Waals surface area contributed by atoms with E-state index in [2.05, 4.69) is 32.5 Å². The van der Waals surface area contributed by atoms with Gasteiger partial charge in [-0.15, -0.1) is 32.0 Å². The fourth-order valence-corrected chi connectivity index (χ4v) is 6.03. The first kappa shape index (κ1) is 34.2. The highest BCUT2D eigenvalue weighted by atomic mass is 35.5. The van der Waals surface area contributed by atoms with Gasteiger partial charge < -0.3 is 5.11 Å². The van der Waals surface area contributed by atoms with E-state index in [0.29, 0.717) is 28.8 Å². The summed E-state index contributed by atoms with van der Waals surface area (Å²) in [5.74, 6) is 1.23. The van der Waals surface area contributed by atoms with Crippen molar-refractivity contribution in [3.05, 3.63) is 181 Å². The fraction of sp³-hybridized carbons (Fsp3) is 0.0476. The van der Waals surface area contributed by atoms with Crippen LogP contribution >= 0.6 is 11.6 Å². The number of halogens is 3. The Labute approximate surface area is 304 Å². The Bertz CT molecular complexity index is 2230. The highest BCUT2D eigenvalue weighted by Crippen LogP contribution is 2.29. The third kappa shape index (κ3) is 7.14. The SMILES string of the molecule is Fc1ccccc1-n1c(CCl)nnc1-c1ccc(-c2ccccc2)cc1.OCc1nnc(-c2ccc(-c3ccccc3)cc2)n1-c1ccccc1F. The summed E-state index contributed by atoms with van der Waals surface area (Å²) in [6, 6.07) is 48.8. The maximum atomic E-state index is 14.3. The van der Waals surface area contributed by atoms with Gasteiger partial charge in [-0.25, -0.2) is 8.78 Å². The van der Waals surface area contributed by atoms with Gasteiger partial charge in [-0.1, -0.05) is 133 Å². The average molecular weight is 709 g/mol. The number of aromatic nitrogens is 6. The molecule has 7 nitrogen and oxygen atoms in total. The molecule has 0 spiro atoms. The number of para-hydroxylation sites is 2. The highest BCUT2D eigenvalue weighted by Gasteiger charge is 2.19. The summed E-state index contributed by atoms with van der Waals surface area (Å²) < 4.78 is 31.8. The van der Waals surface area contributed by atoms with Gasteiger partial charge in [-0.3, -0.25) is 9.13 Å². The van der Waals surface area contributed by atoms with Crippen molar-refractivity contribution in [3.63, 3.8) is 0 Å². The highest BCUT2D eigenvalue weighted by molar-refractivity contribution is 6.16. The van der Waals surface area contributed by atoms with E-state index in [0.717, 1.165) is 33.4 Å². The molecule has 256 valence electrons. The largest absolute Gasteiger partial charge is 0.388 e. The first-order valence-corrected chi connectivity index (χ1v) is 17.0. The zero-order valence-corrected chi connectivity index (χ0v) is 28.4. The molecule has 0 saturated carbocycles. The van der Waals surface area contributed by atoms with Gasteiger partial charge in [0, 0.05) is 11.1 Å². The molecule has 6 aromatic carbocycles. The van der Waals surface area contributed by atoms with Crippen molar-refractivity contribution in [1.82, 2.24) is 29.5 Å². The second kappa shape index (κ2) is 15.7. The van der Waals surface area contributed by atoms with Gasteiger partial charge in [0.1, 0.15) is 18.2 Å². The standard InChI is InChI=1S/C21H15ClFN3.C21H16FN3O/c22-14-20-24-25-21(26(20)19-9-5-4-8-18(19)23)17-12-10-16(11-13-17)15-6-2-1-3-7-15;22-18-8-4-5-9-19(18)25-20(14-26)23-24-21(25)17-12-10-16(11-13-17)15-6-2-1-3-7-15/h1-13H,14H2;1-13,26H,14H2. The smallest absolute Gasteiger partial charge is 0.168 e. The van der Waals surface area contributed by atoms with Crippen LogP contribution in [0.4, 0.5) is 8.78 Å². The van der Waals surface area contributed by atoms with Crippen LogP contribution in [-0.2, 0) is 12.5 Å². The Morgan fingerprint density at radius 3 is 1.17 bits per heavy atom. The van der Waals surface area contributed by atoms with E-state index in [1.807, 2.05) is 97.1 Å². The van der Waals surface area contributed by atoms with Crippen LogP contribution < -0.4 is 0 Å². The van der Waals surface area contributed by atoms with Gasteiger partial charge in [0.25, 0.3) is 0 Å². The molecule has 10 heteroatoms.